The van der Waals surface area contributed by atoms with Crippen LogP contribution in [0, 0.1) is 0 Å². The molecule has 0 amide bonds. The maximum atomic E-state index is 11.8. The number of rotatable bonds is 4. The van der Waals surface area contributed by atoms with Gasteiger partial charge in [0.1, 0.15) is 5.75 Å². The van der Waals surface area contributed by atoms with E-state index in [-0.39, 0.29) is 10.0 Å². The molecular formula is C15H17NO3S2. The van der Waals surface area contributed by atoms with Gasteiger partial charge in [0.05, 0.1) is 24.7 Å². The van der Waals surface area contributed by atoms with Gasteiger partial charge in [0.25, 0.3) is 0 Å². The van der Waals surface area contributed by atoms with E-state index in [9.17, 15) is 4.79 Å². The molecule has 0 aliphatic carbocycles. The highest BCUT2D eigenvalue weighted by molar-refractivity contribution is 8.20. The van der Waals surface area contributed by atoms with Crippen molar-refractivity contribution in [2.75, 3.05) is 25.7 Å². The summed E-state index contributed by atoms with van der Waals surface area (Å²) < 4.78 is 9.95. The molecule has 0 saturated carbocycles. The van der Waals surface area contributed by atoms with E-state index in [4.69, 9.17) is 9.47 Å². The van der Waals surface area contributed by atoms with Crippen molar-refractivity contribution in [3.05, 3.63) is 30.0 Å². The Labute approximate surface area is 132 Å². The Morgan fingerprint density at radius 2 is 2.10 bits per heavy atom. The summed E-state index contributed by atoms with van der Waals surface area (Å²) in [5.74, 6) is 2.73. The van der Waals surface area contributed by atoms with Crippen molar-refractivity contribution in [3.8, 4) is 5.75 Å². The normalized spacial score (nSPS) is 17.0. The minimum absolute atomic E-state index is 0.172. The number of nitrogens with one attached hydrogen (secondary N) is 1. The van der Waals surface area contributed by atoms with E-state index in [0.717, 1.165) is 33.7 Å². The highest BCUT2D eigenvalue weighted by Crippen LogP contribution is 2.56. The molecule has 0 bridgehead atoms. The van der Waals surface area contributed by atoms with Crippen molar-refractivity contribution in [2.24, 2.45) is 0 Å². The number of benzene rings is 1. The monoisotopic (exact) mass is 323 g/mol. The molecule has 0 atom stereocenters. The lowest BCUT2D eigenvalue weighted by Crippen LogP contribution is -2.20. The van der Waals surface area contributed by atoms with E-state index in [2.05, 4.69) is 4.98 Å². The standard InChI is InChI=1S/C15H17NO3S2/c1-18-10-3-4-13-11(7-10)12(9-16-13)15(8-14(17)19-2)20-5-6-21-15/h3-4,7,9,16H,5-6,8H2,1-2H3. The van der Waals surface area contributed by atoms with E-state index in [1.54, 1.807) is 7.11 Å². The molecule has 3 rings (SSSR count). The van der Waals surface area contributed by atoms with Gasteiger partial charge in [-0.15, -0.1) is 23.5 Å². The molecule has 1 aromatic carbocycles. The molecule has 0 radical (unpaired) electrons. The fourth-order valence-electron chi connectivity index (χ4n) is 2.61. The number of hydrogen-bond acceptors (Lipinski definition) is 5. The third-order valence-corrected chi connectivity index (χ3v) is 7.10. The lowest BCUT2D eigenvalue weighted by Gasteiger charge is -2.25. The summed E-state index contributed by atoms with van der Waals surface area (Å²) in [6.45, 7) is 0. The molecule has 1 saturated heterocycles. The molecule has 1 N–H and O–H groups in total. The molecular weight excluding hydrogens is 306 g/mol. The minimum Gasteiger partial charge on any atom is -0.497 e. The number of aromatic nitrogens is 1. The molecule has 1 aliphatic rings. The Morgan fingerprint density at radius 3 is 2.76 bits per heavy atom. The molecule has 4 nitrogen and oxygen atoms in total. The molecule has 112 valence electrons. The molecule has 1 fully saturated rings. The second-order valence-electron chi connectivity index (χ2n) is 4.82. The lowest BCUT2D eigenvalue weighted by molar-refractivity contribution is -0.140. The van der Waals surface area contributed by atoms with Crippen molar-refractivity contribution in [2.45, 2.75) is 10.5 Å². The van der Waals surface area contributed by atoms with Gasteiger partial charge in [0, 0.05) is 34.2 Å². The second kappa shape index (κ2) is 5.85. The zero-order chi connectivity index (χ0) is 14.9. The van der Waals surface area contributed by atoms with Crippen molar-refractivity contribution >= 4 is 40.4 Å². The Bertz CT molecular complexity index is 662. The predicted molar refractivity (Wildman–Crippen MR) is 88.1 cm³/mol. The number of methoxy groups -OCH3 is 2. The van der Waals surface area contributed by atoms with Crippen LogP contribution in [0.3, 0.4) is 0 Å². The third kappa shape index (κ3) is 2.62. The van der Waals surface area contributed by atoms with Crippen LogP contribution in [0.25, 0.3) is 10.9 Å². The van der Waals surface area contributed by atoms with Crippen LogP contribution < -0.4 is 4.74 Å². The molecule has 21 heavy (non-hydrogen) atoms. The van der Waals surface area contributed by atoms with E-state index < -0.39 is 0 Å². The number of carbonyl (C=O) groups is 1. The quantitative estimate of drug-likeness (QED) is 0.874. The van der Waals surface area contributed by atoms with Gasteiger partial charge in [-0.05, 0) is 18.2 Å². The third-order valence-electron chi connectivity index (χ3n) is 3.66. The Morgan fingerprint density at radius 1 is 1.33 bits per heavy atom. The Balaban J connectivity index is 2.09. The van der Waals surface area contributed by atoms with Crippen LogP contribution in [0.15, 0.2) is 24.4 Å². The fourth-order valence-corrected chi connectivity index (χ4v) is 5.86. The maximum Gasteiger partial charge on any atom is 0.308 e. The number of hydrogen-bond donors (Lipinski definition) is 1. The molecule has 0 spiro atoms. The van der Waals surface area contributed by atoms with Crippen LogP contribution in [0.4, 0.5) is 0 Å². The zero-order valence-electron chi connectivity index (χ0n) is 12.0. The molecule has 0 unspecified atom stereocenters. The van der Waals surface area contributed by atoms with Crippen molar-refractivity contribution in [3.63, 3.8) is 0 Å². The summed E-state index contributed by atoms with van der Waals surface area (Å²) in [5, 5.41) is 1.11. The van der Waals surface area contributed by atoms with Crippen LogP contribution in [-0.2, 0) is 13.6 Å². The highest BCUT2D eigenvalue weighted by Gasteiger charge is 2.41. The summed E-state index contributed by atoms with van der Waals surface area (Å²) in [6.07, 6.45) is 2.39. The van der Waals surface area contributed by atoms with Gasteiger partial charge in [-0.3, -0.25) is 4.79 Å². The van der Waals surface area contributed by atoms with E-state index in [1.165, 1.54) is 7.11 Å². The molecule has 6 heteroatoms. The van der Waals surface area contributed by atoms with Gasteiger partial charge in [-0.2, -0.15) is 0 Å². The van der Waals surface area contributed by atoms with Crippen molar-refractivity contribution in [1.29, 1.82) is 0 Å². The van der Waals surface area contributed by atoms with Gasteiger partial charge in [0.15, 0.2) is 0 Å². The van der Waals surface area contributed by atoms with Crippen molar-refractivity contribution in [1.82, 2.24) is 4.98 Å². The number of carbonyl (C=O) groups excluding carboxylic acids is 1. The number of H-pyrrole nitrogens is 1. The molecule has 2 aromatic rings. The summed E-state index contributed by atoms with van der Waals surface area (Å²) in [6, 6.07) is 5.97. The minimum atomic E-state index is -0.266. The summed E-state index contributed by atoms with van der Waals surface area (Å²) in [5.41, 5.74) is 2.21. The largest absolute Gasteiger partial charge is 0.497 e. The first-order valence-electron chi connectivity index (χ1n) is 6.69. The topological polar surface area (TPSA) is 51.3 Å². The highest BCUT2D eigenvalue weighted by atomic mass is 32.2. The average molecular weight is 323 g/mol. The van der Waals surface area contributed by atoms with Crippen molar-refractivity contribution < 1.29 is 14.3 Å². The first-order valence-corrected chi connectivity index (χ1v) is 8.66. The zero-order valence-corrected chi connectivity index (χ0v) is 13.6. The van der Waals surface area contributed by atoms with Crippen LogP contribution in [0.2, 0.25) is 0 Å². The lowest BCUT2D eigenvalue weighted by atomic mass is 10.1. The Hall–Kier alpha value is -1.27. The van der Waals surface area contributed by atoms with E-state index >= 15 is 0 Å². The van der Waals surface area contributed by atoms with Gasteiger partial charge < -0.3 is 14.5 Å². The number of thioether (sulfide) groups is 2. The summed E-state index contributed by atoms with van der Waals surface area (Å²) in [4.78, 5) is 15.1. The second-order valence-corrected chi connectivity index (χ2v) is 7.86. The number of ether oxygens (including phenoxy) is 2. The summed E-state index contributed by atoms with van der Waals surface area (Å²) >= 11 is 3.64. The average Bonchev–Trinajstić information content (AvgIpc) is 3.13. The number of esters is 1. The first kappa shape index (κ1) is 14.7. The first-order chi connectivity index (χ1) is 10.2. The summed E-state index contributed by atoms with van der Waals surface area (Å²) in [7, 11) is 3.11. The smallest absolute Gasteiger partial charge is 0.308 e. The molecule has 1 aromatic heterocycles. The van der Waals surface area contributed by atoms with Gasteiger partial charge in [-0.1, -0.05) is 0 Å². The van der Waals surface area contributed by atoms with E-state index in [0.29, 0.717) is 6.42 Å². The van der Waals surface area contributed by atoms with Crippen LogP contribution in [0.1, 0.15) is 12.0 Å². The predicted octanol–water partition coefficient (Wildman–Crippen LogP) is 3.37. The van der Waals surface area contributed by atoms with Gasteiger partial charge in [-0.25, -0.2) is 0 Å². The maximum absolute atomic E-state index is 11.8. The van der Waals surface area contributed by atoms with Crippen LogP contribution in [-0.4, -0.2) is 36.7 Å². The number of aromatic amines is 1. The van der Waals surface area contributed by atoms with Gasteiger partial charge >= 0.3 is 5.97 Å². The molecule has 1 aliphatic heterocycles. The van der Waals surface area contributed by atoms with Crippen LogP contribution in [0.5, 0.6) is 5.75 Å². The molecule has 2 heterocycles. The van der Waals surface area contributed by atoms with E-state index in [1.807, 2.05) is 47.9 Å². The van der Waals surface area contributed by atoms with Gasteiger partial charge in [0.2, 0.25) is 0 Å². The SMILES string of the molecule is COC(=O)CC1(c2c[nH]c3ccc(OC)cc23)SCCS1. The fraction of sp³-hybridized carbons (Fsp3) is 0.400. The van der Waals surface area contributed by atoms with Crippen LogP contribution >= 0.6 is 23.5 Å². The Kier molecular flexibility index (Phi) is 4.08. The number of fused-ring (bicyclic) bond motifs is 1.